The van der Waals surface area contributed by atoms with E-state index in [4.69, 9.17) is 4.98 Å². The number of hydrogen-bond acceptors (Lipinski definition) is 8. The van der Waals surface area contributed by atoms with E-state index in [1.54, 1.807) is 23.9 Å². The third-order valence-electron chi connectivity index (χ3n) is 8.85. The van der Waals surface area contributed by atoms with Gasteiger partial charge in [-0.25, -0.2) is 9.97 Å². The Bertz CT molecular complexity index is 1480. The zero-order chi connectivity index (χ0) is 26.6. The number of carboxylic acids is 1. The summed E-state index contributed by atoms with van der Waals surface area (Å²) in [4.78, 5) is 53.1. The maximum absolute atomic E-state index is 13.4. The number of Topliss-reactive ketones (excluding diaryl/α,β-unsaturated/α-hetero) is 1. The van der Waals surface area contributed by atoms with E-state index in [-0.39, 0.29) is 34.3 Å². The molecule has 0 aromatic carbocycles. The molecule has 0 bridgehead atoms. The number of nitrogens with zero attached hydrogens (tertiary/aromatic N) is 5. The van der Waals surface area contributed by atoms with Crippen molar-refractivity contribution in [2.45, 2.75) is 64.8 Å². The van der Waals surface area contributed by atoms with E-state index in [1.807, 2.05) is 12.1 Å². The Morgan fingerprint density at radius 1 is 1.11 bits per heavy atom. The number of carboxylic acid groups (broad SMARTS) is 1. The van der Waals surface area contributed by atoms with Gasteiger partial charge < -0.3 is 15.3 Å². The Balaban J connectivity index is 1.24. The first kappa shape index (κ1) is 24.5. The number of anilines is 3. The molecule has 3 aromatic rings. The highest BCUT2D eigenvalue weighted by molar-refractivity contribution is 5.99. The van der Waals surface area contributed by atoms with Gasteiger partial charge in [-0.2, -0.15) is 4.98 Å². The topological polar surface area (TPSA) is 130 Å². The van der Waals surface area contributed by atoms with E-state index in [2.05, 4.69) is 20.2 Å². The molecule has 2 N–H and O–H groups in total. The summed E-state index contributed by atoms with van der Waals surface area (Å²) >= 11 is 0. The molecule has 10 nitrogen and oxygen atoms in total. The van der Waals surface area contributed by atoms with Crippen molar-refractivity contribution >= 4 is 40.2 Å². The van der Waals surface area contributed by atoms with Crippen LogP contribution in [0, 0.1) is 18.3 Å². The van der Waals surface area contributed by atoms with Gasteiger partial charge in [-0.3, -0.25) is 19.0 Å². The number of aryl methyl sites for hydroxylation is 1. The van der Waals surface area contributed by atoms with Crippen LogP contribution in [0.3, 0.4) is 0 Å². The number of aliphatic carboxylic acids is 1. The van der Waals surface area contributed by atoms with Gasteiger partial charge in [-0.1, -0.05) is 12.8 Å². The van der Waals surface area contributed by atoms with Crippen molar-refractivity contribution in [3.8, 4) is 0 Å². The molecule has 2 saturated carbocycles. The molecule has 6 rings (SSSR count). The van der Waals surface area contributed by atoms with Crippen LogP contribution in [0.15, 0.2) is 29.3 Å². The van der Waals surface area contributed by atoms with Crippen molar-refractivity contribution in [2.75, 3.05) is 23.3 Å². The quantitative estimate of drug-likeness (QED) is 0.462. The van der Waals surface area contributed by atoms with Gasteiger partial charge in [-0.15, -0.1) is 0 Å². The van der Waals surface area contributed by atoms with Gasteiger partial charge in [0.2, 0.25) is 5.95 Å². The average molecular weight is 517 g/mol. The normalized spacial score (nSPS) is 20.7. The number of rotatable bonds is 6. The van der Waals surface area contributed by atoms with Crippen LogP contribution in [0.5, 0.6) is 0 Å². The van der Waals surface area contributed by atoms with Gasteiger partial charge in [0, 0.05) is 30.7 Å². The molecular formula is C28H32N6O4. The highest BCUT2D eigenvalue weighted by atomic mass is 16.4. The number of nitrogens with one attached hydrogen (secondary N) is 1. The lowest BCUT2D eigenvalue weighted by Gasteiger charge is -2.34. The molecule has 0 radical (unpaired) electrons. The Labute approximate surface area is 220 Å². The van der Waals surface area contributed by atoms with Crippen molar-refractivity contribution in [1.82, 2.24) is 19.5 Å². The molecule has 1 spiro atoms. The van der Waals surface area contributed by atoms with Crippen LogP contribution in [0.2, 0.25) is 0 Å². The lowest BCUT2D eigenvalue weighted by molar-refractivity contribution is -0.139. The molecule has 10 heteroatoms. The molecule has 0 amide bonds. The van der Waals surface area contributed by atoms with Gasteiger partial charge in [0.1, 0.15) is 11.5 Å². The lowest BCUT2D eigenvalue weighted by atomic mass is 9.90. The first-order valence-corrected chi connectivity index (χ1v) is 13.4. The minimum absolute atomic E-state index is 0.00642. The van der Waals surface area contributed by atoms with Gasteiger partial charge >= 0.3 is 5.97 Å². The fraction of sp³-hybridized carbons (Fsp3) is 0.500. The van der Waals surface area contributed by atoms with Gasteiger partial charge in [0.15, 0.2) is 5.78 Å². The largest absolute Gasteiger partial charge is 0.481 e. The summed E-state index contributed by atoms with van der Waals surface area (Å²) in [5.74, 6) is -0.163. The van der Waals surface area contributed by atoms with Crippen LogP contribution in [0.4, 0.5) is 17.5 Å². The van der Waals surface area contributed by atoms with Crippen molar-refractivity contribution in [2.24, 2.45) is 11.3 Å². The van der Waals surface area contributed by atoms with Crippen LogP contribution in [-0.4, -0.2) is 49.5 Å². The van der Waals surface area contributed by atoms with Gasteiger partial charge in [-0.05, 0) is 69.1 Å². The third-order valence-corrected chi connectivity index (χ3v) is 8.85. The van der Waals surface area contributed by atoms with E-state index in [1.165, 1.54) is 6.92 Å². The van der Waals surface area contributed by atoms with E-state index in [9.17, 15) is 19.5 Å². The standard InChI is InChI=1S/C28H32N6O4/c1-16-20-15-30-27(32-24(20)34(18-5-3-4-6-18)25(36)23(16)17(2)35)31-22-8-7-19(14-29-22)33-11-9-28(10-12-33)13-21(28)26(37)38/h7-8,14-15,18,21H,3-6,9-13H2,1-2H3,(H,37,38)(H,29,30,31,32). The first-order chi connectivity index (χ1) is 18.3. The molecule has 3 aromatic heterocycles. The maximum Gasteiger partial charge on any atom is 0.307 e. The van der Waals surface area contributed by atoms with Crippen LogP contribution in [0.25, 0.3) is 11.0 Å². The monoisotopic (exact) mass is 516 g/mol. The van der Waals surface area contributed by atoms with Crippen LogP contribution < -0.4 is 15.8 Å². The molecule has 2 aliphatic carbocycles. The number of carbonyl (C=O) groups excluding carboxylic acids is 1. The predicted octanol–water partition coefficient (Wildman–Crippen LogP) is 4.25. The van der Waals surface area contributed by atoms with Gasteiger partial charge in [0.05, 0.1) is 23.4 Å². The second-order valence-electron chi connectivity index (χ2n) is 11.1. The van der Waals surface area contributed by atoms with E-state index >= 15 is 0 Å². The summed E-state index contributed by atoms with van der Waals surface area (Å²) in [6.45, 7) is 4.86. The summed E-state index contributed by atoms with van der Waals surface area (Å²) in [5, 5.41) is 13.2. The summed E-state index contributed by atoms with van der Waals surface area (Å²) in [6, 6.07) is 3.89. The minimum atomic E-state index is -0.666. The van der Waals surface area contributed by atoms with Crippen LogP contribution in [0.1, 0.15) is 73.8 Å². The zero-order valence-corrected chi connectivity index (χ0v) is 21.7. The Morgan fingerprint density at radius 3 is 2.45 bits per heavy atom. The van der Waals surface area contributed by atoms with Crippen LogP contribution >= 0.6 is 0 Å². The minimum Gasteiger partial charge on any atom is -0.481 e. The molecule has 38 heavy (non-hydrogen) atoms. The van der Waals surface area contributed by atoms with Crippen molar-refractivity contribution < 1.29 is 14.7 Å². The molecule has 3 fully saturated rings. The second-order valence-corrected chi connectivity index (χ2v) is 11.1. The number of fused-ring (bicyclic) bond motifs is 1. The Kier molecular flexibility index (Phi) is 5.92. The molecular weight excluding hydrogens is 484 g/mol. The summed E-state index contributed by atoms with van der Waals surface area (Å²) in [7, 11) is 0. The molecule has 1 saturated heterocycles. The number of carbonyl (C=O) groups is 2. The molecule has 1 unspecified atom stereocenters. The fourth-order valence-corrected chi connectivity index (χ4v) is 6.53. The molecule has 1 aliphatic heterocycles. The number of piperidine rings is 1. The maximum atomic E-state index is 13.4. The van der Waals surface area contributed by atoms with Crippen LogP contribution in [-0.2, 0) is 4.79 Å². The molecule has 3 aliphatic rings. The number of ketones is 1. The van der Waals surface area contributed by atoms with Gasteiger partial charge in [0.25, 0.3) is 5.56 Å². The molecule has 4 heterocycles. The van der Waals surface area contributed by atoms with E-state index in [0.29, 0.717) is 28.4 Å². The number of hydrogen-bond donors (Lipinski definition) is 2. The fourth-order valence-electron chi connectivity index (χ4n) is 6.53. The van der Waals surface area contributed by atoms with E-state index < -0.39 is 5.97 Å². The number of pyridine rings is 2. The first-order valence-electron chi connectivity index (χ1n) is 13.4. The SMILES string of the molecule is CC(=O)c1c(C)c2cnc(Nc3ccc(N4CCC5(CC4)CC5C(=O)O)cn3)nc2n(C2CCCC2)c1=O. The summed E-state index contributed by atoms with van der Waals surface area (Å²) in [5.41, 5.74) is 2.10. The Morgan fingerprint density at radius 2 is 1.84 bits per heavy atom. The number of aromatic nitrogens is 4. The second kappa shape index (κ2) is 9.18. The molecule has 198 valence electrons. The summed E-state index contributed by atoms with van der Waals surface area (Å²) in [6.07, 6.45) is 9.94. The van der Waals surface area contributed by atoms with Crippen molar-refractivity contribution in [1.29, 1.82) is 0 Å². The summed E-state index contributed by atoms with van der Waals surface area (Å²) < 4.78 is 1.70. The Hall–Kier alpha value is -3.82. The van der Waals surface area contributed by atoms with Crippen molar-refractivity contribution in [3.05, 3.63) is 46.0 Å². The predicted molar refractivity (Wildman–Crippen MR) is 143 cm³/mol. The highest BCUT2D eigenvalue weighted by Gasteiger charge is 2.58. The molecule has 1 atom stereocenters. The van der Waals surface area contributed by atoms with E-state index in [0.717, 1.165) is 63.7 Å². The highest BCUT2D eigenvalue weighted by Crippen LogP contribution is 2.59. The average Bonchev–Trinajstić information content (AvgIpc) is 3.32. The lowest BCUT2D eigenvalue weighted by Crippen LogP contribution is -2.35. The third kappa shape index (κ3) is 4.12. The smallest absolute Gasteiger partial charge is 0.307 e. The zero-order valence-electron chi connectivity index (χ0n) is 21.7. The van der Waals surface area contributed by atoms with Crippen molar-refractivity contribution in [3.63, 3.8) is 0 Å².